The Kier molecular flexibility index (Phi) is 5.30. The predicted molar refractivity (Wildman–Crippen MR) is 97.6 cm³/mol. The molecule has 28 heavy (non-hydrogen) atoms. The van der Waals surface area contributed by atoms with Gasteiger partial charge in [0, 0.05) is 6.07 Å². The van der Waals surface area contributed by atoms with Crippen molar-refractivity contribution in [2.24, 2.45) is 0 Å². The summed E-state index contributed by atoms with van der Waals surface area (Å²) < 4.78 is 56.7. The first-order valence-electron chi connectivity index (χ1n) is 8.03. The summed E-state index contributed by atoms with van der Waals surface area (Å²) >= 11 is 0. The fourth-order valence-corrected chi connectivity index (χ4v) is 2.59. The van der Waals surface area contributed by atoms with Gasteiger partial charge in [-0.25, -0.2) is 0 Å². The van der Waals surface area contributed by atoms with Gasteiger partial charge in [0.05, 0.1) is 19.6 Å². The minimum absolute atomic E-state index is 0.239. The lowest BCUT2D eigenvalue weighted by Crippen LogP contribution is -2.16. The lowest BCUT2D eigenvalue weighted by atomic mass is 10.1. The van der Waals surface area contributed by atoms with Crippen molar-refractivity contribution in [1.82, 2.24) is 0 Å². The molecular formula is C20H15F3O5. The summed E-state index contributed by atoms with van der Waals surface area (Å²) in [5.74, 6) is 0.638. The van der Waals surface area contributed by atoms with Crippen LogP contribution in [0.25, 0.3) is 23.1 Å². The van der Waals surface area contributed by atoms with E-state index in [1.165, 1.54) is 50.6 Å². The number of rotatable bonds is 5. The average Bonchev–Trinajstić information content (AvgIpc) is 2.65. The number of hydrogen-bond acceptors (Lipinski definition) is 5. The van der Waals surface area contributed by atoms with Crippen molar-refractivity contribution < 1.29 is 31.8 Å². The van der Waals surface area contributed by atoms with E-state index in [0.717, 1.165) is 0 Å². The van der Waals surface area contributed by atoms with Crippen molar-refractivity contribution >= 4 is 23.1 Å². The third-order valence-electron chi connectivity index (χ3n) is 3.81. The SMILES string of the molecule is COc1ccc2c(=O)cc(/C=C/c3ccc(OC(F)(F)F)cc3)oc2c1OC. The maximum absolute atomic E-state index is 12.3. The molecule has 0 aliphatic carbocycles. The number of methoxy groups -OCH3 is 2. The summed E-state index contributed by atoms with van der Waals surface area (Å²) in [6.45, 7) is 0. The highest BCUT2D eigenvalue weighted by molar-refractivity contribution is 5.86. The molecule has 0 spiro atoms. The van der Waals surface area contributed by atoms with Gasteiger partial charge in [-0.05, 0) is 35.9 Å². The molecule has 2 aromatic carbocycles. The van der Waals surface area contributed by atoms with Crippen LogP contribution < -0.4 is 19.6 Å². The van der Waals surface area contributed by atoms with Crippen LogP contribution in [0.2, 0.25) is 0 Å². The highest BCUT2D eigenvalue weighted by Crippen LogP contribution is 2.34. The lowest BCUT2D eigenvalue weighted by Gasteiger charge is -2.09. The average molecular weight is 392 g/mol. The van der Waals surface area contributed by atoms with Gasteiger partial charge in [-0.2, -0.15) is 0 Å². The maximum atomic E-state index is 12.3. The van der Waals surface area contributed by atoms with E-state index in [9.17, 15) is 18.0 Å². The van der Waals surface area contributed by atoms with Crippen LogP contribution in [0, 0.1) is 0 Å². The number of halogens is 3. The van der Waals surface area contributed by atoms with Gasteiger partial charge in [0.1, 0.15) is 11.5 Å². The van der Waals surface area contributed by atoms with Gasteiger partial charge < -0.3 is 18.6 Å². The molecule has 0 radical (unpaired) electrons. The summed E-state index contributed by atoms with van der Waals surface area (Å²) in [6.07, 6.45) is -1.63. The van der Waals surface area contributed by atoms with Crippen LogP contribution in [-0.2, 0) is 0 Å². The first kappa shape index (κ1) is 19.3. The van der Waals surface area contributed by atoms with E-state index in [-0.39, 0.29) is 22.5 Å². The molecule has 1 heterocycles. The summed E-state index contributed by atoms with van der Waals surface area (Å²) in [4.78, 5) is 12.3. The Morgan fingerprint density at radius 3 is 2.29 bits per heavy atom. The Morgan fingerprint density at radius 2 is 1.68 bits per heavy atom. The van der Waals surface area contributed by atoms with Gasteiger partial charge in [0.2, 0.25) is 5.75 Å². The minimum atomic E-state index is -4.74. The first-order chi connectivity index (χ1) is 13.3. The van der Waals surface area contributed by atoms with E-state index in [2.05, 4.69) is 4.74 Å². The third kappa shape index (κ3) is 4.28. The maximum Gasteiger partial charge on any atom is 0.573 e. The normalized spacial score (nSPS) is 11.8. The molecule has 0 unspecified atom stereocenters. The van der Waals surface area contributed by atoms with Crippen LogP contribution in [0.4, 0.5) is 13.2 Å². The standard InChI is InChI=1S/C20H15F3O5/c1-25-17-10-9-15-16(24)11-14(27-18(15)19(17)26-2)8-5-12-3-6-13(7-4-12)28-20(21,22)23/h3-11H,1-2H3/b8-5+. The quantitative estimate of drug-likeness (QED) is 0.620. The Balaban J connectivity index is 1.92. The van der Waals surface area contributed by atoms with E-state index in [1.807, 2.05) is 0 Å². The van der Waals surface area contributed by atoms with Crippen LogP contribution in [-0.4, -0.2) is 20.6 Å². The van der Waals surface area contributed by atoms with Crippen LogP contribution in [0.5, 0.6) is 17.2 Å². The number of ether oxygens (including phenoxy) is 3. The van der Waals surface area contributed by atoms with Gasteiger partial charge in [-0.15, -0.1) is 13.2 Å². The summed E-state index contributed by atoms with van der Waals surface area (Å²) in [6, 6.07) is 9.77. The summed E-state index contributed by atoms with van der Waals surface area (Å²) in [7, 11) is 2.90. The molecule has 0 aliphatic rings. The molecule has 0 N–H and O–H groups in total. The lowest BCUT2D eigenvalue weighted by molar-refractivity contribution is -0.274. The van der Waals surface area contributed by atoms with Gasteiger partial charge in [0.25, 0.3) is 0 Å². The molecule has 146 valence electrons. The molecule has 0 aliphatic heterocycles. The van der Waals surface area contributed by atoms with Crippen LogP contribution in [0.1, 0.15) is 11.3 Å². The molecule has 5 nitrogen and oxygen atoms in total. The molecule has 3 aromatic rings. The zero-order chi connectivity index (χ0) is 20.3. The molecule has 8 heteroatoms. The van der Waals surface area contributed by atoms with Crippen LogP contribution in [0.3, 0.4) is 0 Å². The smallest absolute Gasteiger partial charge is 0.493 e. The number of hydrogen-bond donors (Lipinski definition) is 0. The second-order valence-corrected chi connectivity index (χ2v) is 5.64. The molecule has 1 aromatic heterocycles. The zero-order valence-corrected chi connectivity index (χ0v) is 14.9. The molecule has 0 bridgehead atoms. The fourth-order valence-electron chi connectivity index (χ4n) is 2.59. The second kappa shape index (κ2) is 7.67. The summed E-state index contributed by atoms with van der Waals surface area (Å²) in [5.41, 5.74) is 0.564. The molecular weight excluding hydrogens is 377 g/mol. The Morgan fingerprint density at radius 1 is 0.964 bits per heavy atom. The zero-order valence-electron chi connectivity index (χ0n) is 14.9. The van der Waals surface area contributed by atoms with Gasteiger partial charge in [-0.3, -0.25) is 4.79 Å². The highest BCUT2D eigenvalue weighted by atomic mass is 19.4. The van der Waals surface area contributed by atoms with Gasteiger partial charge in [0.15, 0.2) is 16.8 Å². The van der Waals surface area contributed by atoms with Gasteiger partial charge >= 0.3 is 6.36 Å². The number of alkyl halides is 3. The molecule has 0 amide bonds. The summed E-state index contributed by atoms with van der Waals surface area (Å²) in [5, 5.41) is 0.337. The Labute approximate surface area is 157 Å². The van der Waals surface area contributed by atoms with Crippen molar-refractivity contribution in [3.63, 3.8) is 0 Å². The van der Waals surface area contributed by atoms with Crippen molar-refractivity contribution in [3.05, 3.63) is 64.0 Å². The first-order valence-corrected chi connectivity index (χ1v) is 8.03. The van der Waals surface area contributed by atoms with E-state index in [1.54, 1.807) is 18.2 Å². The number of fused-ring (bicyclic) bond motifs is 1. The van der Waals surface area contributed by atoms with Crippen LogP contribution >= 0.6 is 0 Å². The van der Waals surface area contributed by atoms with E-state index in [0.29, 0.717) is 22.4 Å². The molecule has 0 saturated carbocycles. The Bertz CT molecular complexity index is 1070. The molecule has 0 atom stereocenters. The molecule has 0 saturated heterocycles. The predicted octanol–water partition coefficient (Wildman–Crippen LogP) is 4.88. The third-order valence-corrected chi connectivity index (χ3v) is 3.81. The van der Waals surface area contributed by atoms with Gasteiger partial charge in [-0.1, -0.05) is 18.2 Å². The van der Waals surface area contributed by atoms with Crippen LogP contribution in [0.15, 0.2) is 51.7 Å². The minimum Gasteiger partial charge on any atom is -0.493 e. The number of benzene rings is 2. The highest BCUT2D eigenvalue weighted by Gasteiger charge is 2.30. The van der Waals surface area contributed by atoms with E-state index in [4.69, 9.17) is 13.9 Å². The Hall–Kier alpha value is -3.42. The molecule has 0 fully saturated rings. The van der Waals surface area contributed by atoms with Crippen molar-refractivity contribution in [2.45, 2.75) is 6.36 Å². The monoisotopic (exact) mass is 392 g/mol. The fraction of sp³-hybridized carbons (Fsp3) is 0.150. The van der Waals surface area contributed by atoms with E-state index < -0.39 is 6.36 Å². The van der Waals surface area contributed by atoms with Crippen molar-refractivity contribution in [1.29, 1.82) is 0 Å². The molecule has 3 rings (SSSR count). The topological polar surface area (TPSA) is 57.9 Å². The largest absolute Gasteiger partial charge is 0.573 e. The van der Waals surface area contributed by atoms with Crippen molar-refractivity contribution in [3.8, 4) is 17.2 Å². The van der Waals surface area contributed by atoms with E-state index >= 15 is 0 Å². The second-order valence-electron chi connectivity index (χ2n) is 5.64. The van der Waals surface area contributed by atoms with Crippen molar-refractivity contribution in [2.75, 3.05) is 14.2 Å².